The van der Waals surface area contributed by atoms with Gasteiger partial charge in [-0.2, -0.15) is 23.5 Å². The Kier molecular flexibility index (Phi) is 7.90. The van der Waals surface area contributed by atoms with E-state index in [2.05, 4.69) is 30.4 Å². The minimum atomic E-state index is -4.58. The maximum atomic E-state index is 12.9. The highest BCUT2D eigenvalue weighted by Crippen LogP contribution is 2.27. The van der Waals surface area contributed by atoms with Crippen LogP contribution in [0.4, 0.5) is 19.1 Å². The number of anilines is 1. The summed E-state index contributed by atoms with van der Waals surface area (Å²) >= 11 is 0. The molecule has 184 valence electrons. The number of aliphatic carboxylic acids is 1. The molecule has 1 aromatic carbocycles. The van der Waals surface area contributed by atoms with E-state index in [4.69, 9.17) is 5.84 Å². The average molecular weight is 496 g/mol. The van der Waals surface area contributed by atoms with Crippen LogP contribution in [-0.4, -0.2) is 44.0 Å². The van der Waals surface area contributed by atoms with Crippen LogP contribution in [0.1, 0.15) is 29.6 Å². The van der Waals surface area contributed by atoms with E-state index in [1.165, 1.54) is 31.3 Å². The third kappa shape index (κ3) is 6.60. The van der Waals surface area contributed by atoms with Crippen molar-refractivity contribution in [3.63, 3.8) is 0 Å². The van der Waals surface area contributed by atoms with Gasteiger partial charge in [-0.3, -0.25) is 9.79 Å². The minimum absolute atomic E-state index is 0.0474. The highest BCUT2D eigenvalue weighted by Gasteiger charge is 2.32. The van der Waals surface area contributed by atoms with Gasteiger partial charge in [-0.15, -0.1) is 0 Å². The van der Waals surface area contributed by atoms with E-state index >= 15 is 0 Å². The Hall–Kier alpha value is -4.86. The van der Waals surface area contributed by atoms with Crippen molar-refractivity contribution in [2.75, 3.05) is 5.32 Å². The number of hydrogen-bond acceptors (Lipinski definition) is 9. The molecule has 4 N–H and O–H groups in total. The molecule has 0 aliphatic heterocycles. The highest BCUT2D eigenvalue weighted by molar-refractivity contribution is 6.37. The number of aromatic nitrogens is 3. The van der Waals surface area contributed by atoms with Gasteiger partial charge in [-0.1, -0.05) is 18.2 Å². The Bertz CT molecular complexity index is 1370. The first kappa shape index (κ1) is 25.8. The molecule has 0 aliphatic rings. The molecule has 0 fully saturated rings. The molecular weight excluding hydrogens is 477 g/mol. The number of pyridine rings is 1. The number of hydrogen-bond donors (Lipinski definition) is 3. The fraction of sp³-hybridized carbons (Fsp3) is 0.174. The van der Waals surface area contributed by atoms with Crippen LogP contribution in [0.3, 0.4) is 0 Å². The zero-order valence-electron chi connectivity index (χ0n) is 18.7. The fourth-order valence-corrected chi connectivity index (χ4v) is 2.91. The maximum absolute atomic E-state index is 12.9. The zero-order valence-corrected chi connectivity index (χ0v) is 18.7. The molecule has 2 aromatic heterocycles. The third-order valence-corrected chi connectivity index (χ3v) is 4.70. The molecule has 0 bridgehead atoms. The van der Waals surface area contributed by atoms with Gasteiger partial charge in [0.1, 0.15) is 17.4 Å². The van der Waals surface area contributed by atoms with Crippen LogP contribution in [-0.2, 0) is 17.5 Å². The molecule has 1 atom stereocenters. The minimum Gasteiger partial charge on any atom is -0.480 e. The molecule has 10 nitrogen and oxygen atoms in total. The van der Waals surface area contributed by atoms with E-state index in [1.807, 2.05) is 6.07 Å². The van der Waals surface area contributed by atoms with Crippen LogP contribution in [0.2, 0.25) is 0 Å². The predicted octanol–water partition coefficient (Wildman–Crippen LogP) is 3.25. The summed E-state index contributed by atoms with van der Waals surface area (Å²) in [7, 11) is 0. The molecule has 0 aliphatic carbocycles. The summed E-state index contributed by atoms with van der Waals surface area (Å²) in [6.45, 7) is 1.21. The summed E-state index contributed by atoms with van der Waals surface area (Å²) in [6.07, 6.45) is -3.37. The smallest absolute Gasteiger partial charge is 0.433 e. The van der Waals surface area contributed by atoms with Crippen LogP contribution in [0.25, 0.3) is 11.3 Å². The zero-order chi connectivity index (χ0) is 26.3. The molecule has 0 unspecified atom stereocenters. The first-order valence-corrected chi connectivity index (χ1v) is 10.3. The van der Waals surface area contributed by atoms with Crippen molar-refractivity contribution in [3.05, 3.63) is 71.2 Å². The summed E-state index contributed by atoms with van der Waals surface area (Å²) in [6, 6.07) is 12.5. The summed E-state index contributed by atoms with van der Waals surface area (Å²) in [5.74, 6) is 4.33. The standard InChI is InChI=1S/C23H19F3N8O2/c1-13(21(35)36)30-22-32-17(15-5-2-4-14(8-15)10-27)9-18(33-22)19(34-28)12-29-11-16-6-3-7-20(31-16)23(24,25)26/h2-9,12-13H,11,28H2,1H3,(H,35,36)(H,30,32,33)/t13-/m0/s1. The quantitative estimate of drug-likeness (QED) is 0.243. The van der Waals surface area contributed by atoms with Gasteiger partial charge >= 0.3 is 12.1 Å². The number of nitrogens with one attached hydrogen (secondary N) is 1. The van der Waals surface area contributed by atoms with Gasteiger partial charge in [0.25, 0.3) is 0 Å². The number of alkyl halides is 3. The largest absolute Gasteiger partial charge is 0.480 e. The van der Waals surface area contributed by atoms with Gasteiger partial charge in [0.2, 0.25) is 5.95 Å². The number of rotatable bonds is 8. The Morgan fingerprint density at radius 2 is 1.97 bits per heavy atom. The Morgan fingerprint density at radius 3 is 2.64 bits per heavy atom. The van der Waals surface area contributed by atoms with E-state index < -0.39 is 23.9 Å². The third-order valence-electron chi connectivity index (χ3n) is 4.70. The molecule has 0 amide bonds. The van der Waals surface area contributed by atoms with Crippen molar-refractivity contribution < 1.29 is 23.1 Å². The number of benzene rings is 1. The van der Waals surface area contributed by atoms with Crippen molar-refractivity contribution in [2.24, 2.45) is 15.9 Å². The Labute approximate surface area is 203 Å². The number of carboxylic acids is 1. The topological polar surface area (TPSA) is 163 Å². The van der Waals surface area contributed by atoms with E-state index in [-0.39, 0.29) is 29.6 Å². The first-order chi connectivity index (χ1) is 17.1. The van der Waals surface area contributed by atoms with Gasteiger partial charge < -0.3 is 16.3 Å². The molecule has 0 saturated heterocycles. The van der Waals surface area contributed by atoms with Gasteiger partial charge in [0.15, 0.2) is 0 Å². The van der Waals surface area contributed by atoms with E-state index in [0.717, 1.165) is 6.07 Å². The first-order valence-electron chi connectivity index (χ1n) is 10.3. The second-order valence-corrected chi connectivity index (χ2v) is 7.35. The van der Waals surface area contributed by atoms with Crippen LogP contribution < -0.4 is 11.2 Å². The Morgan fingerprint density at radius 1 is 1.22 bits per heavy atom. The van der Waals surface area contributed by atoms with Crippen molar-refractivity contribution in [2.45, 2.75) is 25.7 Å². The van der Waals surface area contributed by atoms with Crippen molar-refractivity contribution in [3.8, 4) is 17.3 Å². The Balaban J connectivity index is 1.95. The SMILES string of the molecule is C[C@H](Nc1nc(C(C=NCc2cccc(C(F)(F)F)n2)=NN)cc(-c2cccc(C#N)c2)n1)C(=O)O. The lowest BCUT2D eigenvalue weighted by Gasteiger charge is -2.12. The normalized spacial score (nSPS) is 12.8. The number of nitriles is 1. The maximum Gasteiger partial charge on any atom is 0.433 e. The second-order valence-electron chi connectivity index (χ2n) is 7.35. The van der Waals surface area contributed by atoms with Crippen molar-refractivity contribution >= 4 is 23.8 Å². The van der Waals surface area contributed by atoms with Crippen LogP contribution in [0.15, 0.2) is 58.6 Å². The van der Waals surface area contributed by atoms with E-state index in [1.54, 1.807) is 24.3 Å². The van der Waals surface area contributed by atoms with Crippen LogP contribution >= 0.6 is 0 Å². The molecule has 0 spiro atoms. The lowest BCUT2D eigenvalue weighted by atomic mass is 10.1. The van der Waals surface area contributed by atoms with E-state index in [9.17, 15) is 28.3 Å². The van der Waals surface area contributed by atoms with Crippen molar-refractivity contribution in [1.82, 2.24) is 15.0 Å². The number of carbonyl (C=O) groups is 1. The molecule has 3 aromatic rings. The number of nitrogens with two attached hydrogens (primary N) is 1. The predicted molar refractivity (Wildman–Crippen MR) is 125 cm³/mol. The van der Waals surface area contributed by atoms with Gasteiger partial charge in [0.05, 0.1) is 41.5 Å². The number of hydrazone groups is 1. The lowest BCUT2D eigenvalue weighted by Crippen LogP contribution is -2.27. The second kappa shape index (κ2) is 11.0. The number of nitrogens with zero attached hydrogens (tertiary/aromatic N) is 6. The molecule has 0 saturated carbocycles. The van der Waals surface area contributed by atoms with Gasteiger partial charge in [-0.05, 0) is 37.3 Å². The van der Waals surface area contributed by atoms with Crippen LogP contribution in [0, 0.1) is 11.3 Å². The van der Waals surface area contributed by atoms with Crippen LogP contribution in [0.5, 0.6) is 0 Å². The number of halogens is 3. The monoisotopic (exact) mass is 496 g/mol. The lowest BCUT2D eigenvalue weighted by molar-refractivity contribution is -0.141. The van der Waals surface area contributed by atoms with Gasteiger partial charge in [-0.25, -0.2) is 15.0 Å². The molecule has 36 heavy (non-hydrogen) atoms. The summed E-state index contributed by atoms with van der Waals surface area (Å²) in [4.78, 5) is 27.5. The fourth-order valence-electron chi connectivity index (χ4n) is 2.91. The molecule has 13 heteroatoms. The van der Waals surface area contributed by atoms with E-state index in [0.29, 0.717) is 16.8 Å². The summed E-state index contributed by atoms with van der Waals surface area (Å²) < 4.78 is 38.7. The highest BCUT2D eigenvalue weighted by atomic mass is 19.4. The number of carboxylic acid groups (broad SMARTS) is 1. The number of aliphatic imine (C=N–C) groups is 1. The van der Waals surface area contributed by atoms with Gasteiger partial charge in [0, 0.05) is 5.56 Å². The summed E-state index contributed by atoms with van der Waals surface area (Å²) in [5.41, 5.74) is 0.511. The summed E-state index contributed by atoms with van der Waals surface area (Å²) in [5, 5.41) is 24.7. The molecule has 0 radical (unpaired) electrons. The molecule has 2 heterocycles. The molecule has 3 rings (SSSR count). The molecular formula is C23H19F3N8O2. The average Bonchev–Trinajstić information content (AvgIpc) is 2.86. The van der Waals surface area contributed by atoms with Crippen molar-refractivity contribution in [1.29, 1.82) is 5.26 Å².